The molecule has 17 heavy (non-hydrogen) atoms. The van der Waals surface area contributed by atoms with Gasteiger partial charge in [0.2, 0.25) is 0 Å². The fraction of sp³-hybridized carbons (Fsp3) is 0.571. The fourth-order valence-corrected chi connectivity index (χ4v) is 2.47. The monoisotopic (exact) mass is 237 g/mol. The van der Waals surface area contributed by atoms with Crippen molar-refractivity contribution >= 4 is 0 Å². The third-order valence-electron chi connectivity index (χ3n) is 3.57. The number of hydrogen-bond acceptors (Lipinski definition) is 2. The molecule has 0 radical (unpaired) electrons. The lowest BCUT2D eigenvalue weighted by Crippen LogP contribution is -2.33. The van der Waals surface area contributed by atoms with Crippen LogP contribution >= 0.6 is 0 Å². The van der Waals surface area contributed by atoms with E-state index < -0.39 is 0 Å². The van der Waals surface area contributed by atoms with E-state index in [1.807, 2.05) is 20.0 Å². The summed E-state index contributed by atoms with van der Waals surface area (Å²) in [6.07, 6.45) is 2.57. The molecule has 1 aromatic rings. The molecule has 1 aromatic carbocycles. The fourth-order valence-electron chi connectivity index (χ4n) is 2.47. The number of ether oxygens (including phenoxy) is 1. The maximum absolute atomic E-state index is 13.4. The van der Waals surface area contributed by atoms with Crippen molar-refractivity contribution in [3.8, 4) is 0 Å². The lowest BCUT2D eigenvalue weighted by molar-refractivity contribution is 0.0528. The number of halogens is 1. The molecule has 94 valence electrons. The Morgan fingerprint density at radius 1 is 1.41 bits per heavy atom. The number of rotatable bonds is 5. The molecule has 2 unspecified atom stereocenters. The van der Waals surface area contributed by atoms with Gasteiger partial charge in [-0.3, -0.25) is 0 Å². The van der Waals surface area contributed by atoms with Crippen molar-refractivity contribution < 1.29 is 9.13 Å². The second-order valence-electron chi connectivity index (χ2n) is 4.81. The molecule has 0 amide bonds. The summed E-state index contributed by atoms with van der Waals surface area (Å²) in [5.41, 5.74) is 2.11. The van der Waals surface area contributed by atoms with Gasteiger partial charge in [0.15, 0.2) is 0 Å². The van der Waals surface area contributed by atoms with E-state index in [4.69, 9.17) is 4.74 Å². The molecule has 3 heteroatoms. The van der Waals surface area contributed by atoms with E-state index in [0.717, 1.165) is 11.1 Å². The van der Waals surface area contributed by atoms with Crippen LogP contribution in [0.2, 0.25) is 0 Å². The van der Waals surface area contributed by atoms with Crippen molar-refractivity contribution in [1.82, 2.24) is 5.32 Å². The Morgan fingerprint density at radius 3 is 2.65 bits per heavy atom. The summed E-state index contributed by atoms with van der Waals surface area (Å²) in [6.45, 7) is 2.01. The molecular weight excluding hydrogens is 217 g/mol. The third-order valence-corrected chi connectivity index (χ3v) is 3.57. The highest BCUT2D eigenvalue weighted by molar-refractivity contribution is 5.30. The molecule has 1 saturated carbocycles. The molecule has 1 N–H and O–H groups in total. The normalized spacial score (nSPS) is 19.1. The molecule has 2 nitrogen and oxygen atoms in total. The zero-order valence-electron chi connectivity index (χ0n) is 10.7. The third kappa shape index (κ3) is 2.67. The van der Waals surface area contributed by atoms with Gasteiger partial charge in [-0.05, 0) is 56.0 Å². The molecular formula is C14H20FNO. The molecule has 2 rings (SSSR count). The molecule has 0 bridgehead atoms. The van der Waals surface area contributed by atoms with Gasteiger partial charge in [-0.2, -0.15) is 0 Å². The highest BCUT2D eigenvalue weighted by Crippen LogP contribution is 2.40. The molecule has 0 spiro atoms. The smallest absolute Gasteiger partial charge is 0.123 e. The summed E-state index contributed by atoms with van der Waals surface area (Å²) in [7, 11) is 3.64. The van der Waals surface area contributed by atoms with Crippen molar-refractivity contribution in [2.45, 2.75) is 31.9 Å². The maximum Gasteiger partial charge on any atom is 0.123 e. The van der Waals surface area contributed by atoms with Gasteiger partial charge in [0.1, 0.15) is 5.82 Å². The van der Waals surface area contributed by atoms with E-state index in [2.05, 4.69) is 5.32 Å². The zero-order chi connectivity index (χ0) is 12.4. The number of methoxy groups -OCH3 is 1. The number of aryl methyl sites for hydroxylation is 1. The Morgan fingerprint density at radius 2 is 2.12 bits per heavy atom. The van der Waals surface area contributed by atoms with Crippen molar-refractivity contribution in [1.29, 1.82) is 0 Å². The highest BCUT2D eigenvalue weighted by atomic mass is 19.1. The average molecular weight is 237 g/mol. The minimum atomic E-state index is -0.184. The molecule has 2 atom stereocenters. The quantitative estimate of drug-likeness (QED) is 0.850. The summed E-state index contributed by atoms with van der Waals surface area (Å²) in [5.74, 6) is 0.427. The van der Waals surface area contributed by atoms with Gasteiger partial charge >= 0.3 is 0 Å². The number of nitrogens with one attached hydrogen (secondary N) is 1. The van der Waals surface area contributed by atoms with E-state index in [1.165, 1.54) is 18.9 Å². The summed E-state index contributed by atoms with van der Waals surface area (Å²) in [6, 6.07) is 5.02. The first-order chi connectivity index (χ1) is 8.17. The summed E-state index contributed by atoms with van der Waals surface area (Å²) in [5, 5.41) is 3.27. The van der Waals surface area contributed by atoms with Crippen molar-refractivity contribution in [2.24, 2.45) is 5.92 Å². The summed E-state index contributed by atoms with van der Waals surface area (Å²) < 4.78 is 19.0. The van der Waals surface area contributed by atoms with Crippen LogP contribution in [0.4, 0.5) is 4.39 Å². The Hall–Kier alpha value is -0.930. The van der Waals surface area contributed by atoms with Crippen LogP contribution in [0.15, 0.2) is 18.2 Å². The van der Waals surface area contributed by atoms with Crippen LogP contribution in [-0.2, 0) is 4.74 Å². The van der Waals surface area contributed by atoms with E-state index in [-0.39, 0.29) is 18.0 Å². The Bertz CT molecular complexity index is 390. The molecule has 1 fully saturated rings. The van der Waals surface area contributed by atoms with Crippen LogP contribution in [0.3, 0.4) is 0 Å². The zero-order valence-corrected chi connectivity index (χ0v) is 10.7. The molecule has 1 aliphatic rings. The first-order valence-corrected chi connectivity index (χ1v) is 6.13. The Balaban J connectivity index is 2.29. The highest BCUT2D eigenvalue weighted by Gasteiger charge is 2.37. The molecule has 1 aliphatic carbocycles. The van der Waals surface area contributed by atoms with Crippen LogP contribution < -0.4 is 5.32 Å². The van der Waals surface area contributed by atoms with Crippen LogP contribution in [0.5, 0.6) is 0 Å². The van der Waals surface area contributed by atoms with Crippen molar-refractivity contribution in [2.75, 3.05) is 14.2 Å². The van der Waals surface area contributed by atoms with Crippen LogP contribution in [-0.4, -0.2) is 20.3 Å². The topological polar surface area (TPSA) is 21.3 Å². The van der Waals surface area contributed by atoms with Gasteiger partial charge in [0.05, 0.1) is 12.1 Å². The standard InChI is InChI=1S/C14H20FNO/c1-9-4-7-11(15)8-12(9)13(16-2)14(17-3)10-5-6-10/h4,7-8,10,13-14,16H,5-6H2,1-3H3. The minimum Gasteiger partial charge on any atom is -0.379 e. The number of hydrogen-bond donors (Lipinski definition) is 1. The van der Waals surface area contributed by atoms with Crippen molar-refractivity contribution in [3.63, 3.8) is 0 Å². The van der Waals surface area contributed by atoms with Gasteiger partial charge in [-0.1, -0.05) is 6.07 Å². The van der Waals surface area contributed by atoms with Gasteiger partial charge < -0.3 is 10.1 Å². The van der Waals surface area contributed by atoms with E-state index in [0.29, 0.717) is 5.92 Å². The second-order valence-corrected chi connectivity index (χ2v) is 4.81. The van der Waals surface area contributed by atoms with Gasteiger partial charge in [0.25, 0.3) is 0 Å². The van der Waals surface area contributed by atoms with Crippen LogP contribution in [0.25, 0.3) is 0 Å². The predicted octanol–water partition coefficient (Wildman–Crippen LogP) is 2.82. The lowest BCUT2D eigenvalue weighted by atomic mass is 9.94. The summed E-state index contributed by atoms with van der Waals surface area (Å²) >= 11 is 0. The first-order valence-electron chi connectivity index (χ1n) is 6.13. The largest absolute Gasteiger partial charge is 0.379 e. The lowest BCUT2D eigenvalue weighted by Gasteiger charge is -2.27. The Labute approximate surface area is 102 Å². The second kappa shape index (κ2) is 5.15. The van der Waals surface area contributed by atoms with E-state index in [9.17, 15) is 4.39 Å². The molecule has 0 aliphatic heterocycles. The molecule has 0 saturated heterocycles. The van der Waals surface area contributed by atoms with Gasteiger partial charge in [0, 0.05) is 7.11 Å². The van der Waals surface area contributed by atoms with Gasteiger partial charge in [-0.25, -0.2) is 4.39 Å². The molecule has 0 aromatic heterocycles. The maximum atomic E-state index is 13.4. The average Bonchev–Trinajstić information content (AvgIpc) is 3.13. The van der Waals surface area contributed by atoms with E-state index >= 15 is 0 Å². The first kappa shape index (κ1) is 12.5. The van der Waals surface area contributed by atoms with Crippen molar-refractivity contribution in [3.05, 3.63) is 35.1 Å². The summed E-state index contributed by atoms with van der Waals surface area (Å²) in [4.78, 5) is 0. The molecule has 0 heterocycles. The minimum absolute atomic E-state index is 0.0724. The van der Waals surface area contributed by atoms with Gasteiger partial charge in [-0.15, -0.1) is 0 Å². The van der Waals surface area contributed by atoms with E-state index in [1.54, 1.807) is 13.2 Å². The Kier molecular flexibility index (Phi) is 3.79. The number of benzene rings is 1. The SMILES string of the molecule is CNC(c1cc(F)ccc1C)C(OC)C1CC1. The number of likely N-dealkylation sites (N-methyl/N-ethyl adjacent to an activating group) is 1. The van der Waals surface area contributed by atoms with Crippen LogP contribution in [0, 0.1) is 18.7 Å². The van der Waals surface area contributed by atoms with Crippen LogP contribution in [0.1, 0.15) is 30.0 Å². The predicted molar refractivity (Wildman–Crippen MR) is 66.5 cm³/mol.